The molecule has 2 aromatic carbocycles. The summed E-state index contributed by atoms with van der Waals surface area (Å²) in [5.41, 5.74) is 1.72. The number of rotatable bonds is 9. The van der Waals surface area contributed by atoms with Crippen molar-refractivity contribution in [1.29, 1.82) is 0 Å². The first-order valence-electron chi connectivity index (χ1n) is 10.8. The van der Waals surface area contributed by atoms with Gasteiger partial charge in [0, 0.05) is 33.3 Å². The van der Waals surface area contributed by atoms with Gasteiger partial charge in [-0.25, -0.2) is 0 Å². The molecule has 0 aliphatic carbocycles. The third kappa shape index (κ3) is 6.29. The second kappa shape index (κ2) is 11.6. The van der Waals surface area contributed by atoms with Crippen molar-refractivity contribution in [2.75, 3.05) is 6.54 Å². The van der Waals surface area contributed by atoms with Crippen molar-refractivity contribution in [3.63, 3.8) is 0 Å². The number of benzene rings is 2. The highest BCUT2D eigenvalue weighted by Crippen LogP contribution is 2.41. The van der Waals surface area contributed by atoms with E-state index in [0.29, 0.717) is 24.2 Å². The maximum absolute atomic E-state index is 12.2. The Bertz CT molecular complexity index is 1190. The SMILES string of the molecule is CC(C)n1c(O)c(N=NC(=O)CCCCCNC(=O)c2ccccc2Br)c2cc(Br)ccc21. The fourth-order valence-electron chi connectivity index (χ4n) is 3.55. The number of halogens is 2. The molecule has 1 heterocycles. The molecule has 0 saturated heterocycles. The smallest absolute Gasteiger partial charge is 0.264 e. The highest BCUT2D eigenvalue weighted by Gasteiger charge is 2.19. The van der Waals surface area contributed by atoms with Crippen LogP contribution in [0.4, 0.5) is 5.69 Å². The third-order valence-electron chi connectivity index (χ3n) is 5.16. The van der Waals surface area contributed by atoms with Crippen LogP contribution in [-0.4, -0.2) is 28.0 Å². The van der Waals surface area contributed by atoms with E-state index in [9.17, 15) is 14.7 Å². The molecule has 0 unspecified atom stereocenters. The maximum atomic E-state index is 12.2. The van der Waals surface area contributed by atoms with Crippen LogP contribution in [0.3, 0.4) is 0 Å². The largest absolute Gasteiger partial charge is 0.493 e. The number of carbonyl (C=O) groups is 2. The quantitative estimate of drug-likeness (QED) is 0.210. The van der Waals surface area contributed by atoms with Crippen LogP contribution in [0.5, 0.6) is 5.88 Å². The van der Waals surface area contributed by atoms with E-state index in [1.165, 1.54) is 0 Å². The summed E-state index contributed by atoms with van der Waals surface area (Å²) in [4.78, 5) is 24.4. The molecular formula is C24H26Br2N4O3. The van der Waals surface area contributed by atoms with Crippen LogP contribution in [0.25, 0.3) is 10.9 Å². The Balaban J connectivity index is 1.49. The number of aromatic hydroxyl groups is 1. The van der Waals surface area contributed by atoms with Crippen LogP contribution in [0, 0.1) is 0 Å². The minimum atomic E-state index is -0.341. The average molecular weight is 578 g/mol. The van der Waals surface area contributed by atoms with Gasteiger partial charge in [-0.05, 0) is 73.0 Å². The minimum absolute atomic E-state index is 0.00422. The Morgan fingerprint density at radius 3 is 2.58 bits per heavy atom. The van der Waals surface area contributed by atoms with Crippen molar-refractivity contribution < 1.29 is 14.7 Å². The maximum Gasteiger partial charge on any atom is 0.264 e. The number of carbonyl (C=O) groups excluding carboxylic acids is 2. The predicted octanol–water partition coefficient (Wildman–Crippen LogP) is 7.05. The number of amides is 2. The summed E-state index contributed by atoms with van der Waals surface area (Å²) in [6, 6.07) is 12.9. The molecule has 0 bridgehead atoms. The van der Waals surface area contributed by atoms with Gasteiger partial charge in [0.2, 0.25) is 5.88 Å². The number of aromatic nitrogens is 1. The molecule has 33 heavy (non-hydrogen) atoms. The van der Waals surface area contributed by atoms with E-state index in [1.807, 2.05) is 50.2 Å². The average Bonchev–Trinajstić information content (AvgIpc) is 3.05. The van der Waals surface area contributed by atoms with Gasteiger partial charge in [-0.1, -0.05) is 34.5 Å². The Morgan fingerprint density at radius 2 is 1.85 bits per heavy atom. The van der Waals surface area contributed by atoms with Crippen molar-refractivity contribution in [1.82, 2.24) is 9.88 Å². The molecule has 0 radical (unpaired) electrons. The van der Waals surface area contributed by atoms with E-state index in [-0.39, 0.29) is 30.2 Å². The molecule has 2 N–H and O–H groups in total. The lowest BCUT2D eigenvalue weighted by Gasteiger charge is -2.10. The summed E-state index contributed by atoms with van der Waals surface area (Å²) >= 11 is 6.81. The number of fused-ring (bicyclic) bond motifs is 1. The fraction of sp³-hybridized carbons (Fsp3) is 0.333. The van der Waals surface area contributed by atoms with Crippen LogP contribution in [0.1, 0.15) is 55.9 Å². The molecule has 0 spiro atoms. The number of hydrogen-bond acceptors (Lipinski definition) is 4. The molecule has 2 amide bonds. The van der Waals surface area contributed by atoms with Gasteiger partial charge in [0.25, 0.3) is 11.8 Å². The molecule has 174 valence electrons. The summed E-state index contributed by atoms with van der Waals surface area (Å²) in [5.74, 6) is -0.470. The molecule has 0 aliphatic heterocycles. The van der Waals surface area contributed by atoms with Gasteiger partial charge in [-0.2, -0.15) is 0 Å². The van der Waals surface area contributed by atoms with E-state index in [1.54, 1.807) is 10.6 Å². The molecule has 0 aliphatic rings. The fourth-order valence-corrected chi connectivity index (χ4v) is 4.38. The van der Waals surface area contributed by atoms with Gasteiger partial charge in [0.15, 0.2) is 5.69 Å². The third-order valence-corrected chi connectivity index (χ3v) is 6.35. The van der Waals surface area contributed by atoms with Crippen molar-refractivity contribution in [3.8, 4) is 5.88 Å². The van der Waals surface area contributed by atoms with Gasteiger partial charge in [-0.3, -0.25) is 9.59 Å². The van der Waals surface area contributed by atoms with Crippen LogP contribution in [0.2, 0.25) is 0 Å². The standard InChI is InChI=1S/C24H26Br2N4O3/c1-15(2)30-20-12-11-16(25)14-18(20)22(24(30)33)29-28-21(31)10-4-3-7-13-27-23(32)17-8-5-6-9-19(17)26/h5-6,8-9,11-12,14-15,33H,3-4,7,10,13H2,1-2H3,(H,27,32). The van der Waals surface area contributed by atoms with E-state index in [2.05, 4.69) is 47.4 Å². The Kier molecular flexibility index (Phi) is 8.80. The van der Waals surface area contributed by atoms with E-state index in [4.69, 9.17) is 0 Å². The van der Waals surface area contributed by atoms with Crippen molar-refractivity contribution in [2.45, 2.75) is 45.6 Å². The van der Waals surface area contributed by atoms with E-state index < -0.39 is 0 Å². The number of azo groups is 1. The summed E-state index contributed by atoms with van der Waals surface area (Å²) < 4.78 is 3.38. The Morgan fingerprint density at radius 1 is 1.09 bits per heavy atom. The summed E-state index contributed by atoms with van der Waals surface area (Å²) in [7, 11) is 0. The monoisotopic (exact) mass is 576 g/mol. The molecule has 3 rings (SSSR count). The predicted molar refractivity (Wildman–Crippen MR) is 136 cm³/mol. The Hall–Kier alpha value is -2.52. The molecule has 1 aromatic heterocycles. The Labute approximate surface area is 209 Å². The zero-order valence-corrected chi connectivity index (χ0v) is 21.7. The second-order valence-electron chi connectivity index (χ2n) is 7.94. The number of unbranched alkanes of at least 4 members (excludes halogenated alkanes) is 2. The topological polar surface area (TPSA) is 96.0 Å². The first-order valence-corrected chi connectivity index (χ1v) is 12.4. The van der Waals surface area contributed by atoms with Crippen LogP contribution < -0.4 is 5.32 Å². The van der Waals surface area contributed by atoms with Gasteiger partial charge in [0.05, 0.1) is 11.1 Å². The molecule has 7 nitrogen and oxygen atoms in total. The zero-order valence-electron chi connectivity index (χ0n) is 18.5. The minimum Gasteiger partial charge on any atom is -0.493 e. The van der Waals surface area contributed by atoms with Gasteiger partial charge in [-0.15, -0.1) is 10.2 Å². The molecule has 0 fully saturated rings. The second-order valence-corrected chi connectivity index (χ2v) is 9.71. The summed E-state index contributed by atoms with van der Waals surface area (Å²) in [6.45, 7) is 4.47. The lowest BCUT2D eigenvalue weighted by atomic mass is 10.2. The van der Waals surface area contributed by atoms with Gasteiger partial charge in [0.1, 0.15) is 0 Å². The van der Waals surface area contributed by atoms with Gasteiger partial charge >= 0.3 is 0 Å². The normalized spacial score (nSPS) is 11.5. The molecule has 3 aromatic rings. The number of nitrogens with one attached hydrogen (secondary N) is 1. The molecule has 9 heteroatoms. The molecular weight excluding hydrogens is 552 g/mol. The number of hydrogen-bond donors (Lipinski definition) is 2. The van der Waals surface area contributed by atoms with Crippen LogP contribution >= 0.6 is 31.9 Å². The first kappa shape index (κ1) is 25.1. The lowest BCUT2D eigenvalue weighted by molar-refractivity contribution is -0.118. The van der Waals surface area contributed by atoms with Crippen molar-refractivity contribution >= 4 is 60.3 Å². The van der Waals surface area contributed by atoms with Crippen LogP contribution in [0.15, 0.2) is 61.6 Å². The zero-order chi connectivity index (χ0) is 24.0. The summed E-state index contributed by atoms with van der Waals surface area (Å²) in [6.07, 6.45) is 2.45. The highest BCUT2D eigenvalue weighted by molar-refractivity contribution is 9.10. The van der Waals surface area contributed by atoms with Gasteiger partial charge < -0.3 is 15.0 Å². The summed E-state index contributed by atoms with van der Waals surface area (Å²) in [5, 5.41) is 22.2. The highest BCUT2D eigenvalue weighted by atomic mass is 79.9. The lowest BCUT2D eigenvalue weighted by Crippen LogP contribution is -2.24. The molecule has 0 atom stereocenters. The first-order chi connectivity index (χ1) is 15.8. The van der Waals surface area contributed by atoms with E-state index >= 15 is 0 Å². The van der Waals surface area contributed by atoms with Crippen LogP contribution in [-0.2, 0) is 4.79 Å². The molecule has 0 saturated carbocycles. The van der Waals surface area contributed by atoms with E-state index in [0.717, 1.165) is 32.7 Å². The van der Waals surface area contributed by atoms with Crippen molar-refractivity contribution in [2.24, 2.45) is 10.2 Å². The number of nitrogens with zero attached hydrogens (tertiary/aromatic N) is 3. The van der Waals surface area contributed by atoms with Crippen molar-refractivity contribution in [3.05, 3.63) is 57.0 Å².